The van der Waals surface area contributed by atoms with Crippen LogP contribution in [-0.2, 0) is 11.3 Å². The van der Waals surface area contributed by atoms with Crippen molar-refractivity contribution in [1.29, 1.82) is 0 Å². The zero-order valence-electron chi connectivity index (χ0n) is 14.7. The lowest BCUT2D eigenvalue weighted by Crippen LogP contribution is -2.50. The van der Waals surface area contributed by atoms with E-state index in [0.717, 1.165) is 0 Å². The lowest BCUT2D eigenvalue weighted by Gasteiger charge is -2.35. The van der Waals surface area contributed by atoms with Crippen LogP contribution in [-0.4, -0.2) is 48.1 Å². The first-order valence-corrected chi connectivity index (χ1v) is 8.80. The number of morpholine rings is 1. The molecule has 0 aliphatic carbocycles. The smallest absolute Gasteiger partial charge is 0.273 e. The molecule has 1 aromatic carbocycles. The average Bonchev–Trinajstić information content (AvgIpc) is 2.96. The van der Waals surface area contributed by atoms with Gasteiger partial charge in [-0.15, -0.1) is 0 Å². The Hall–Kier alpha value is -1.96. The van der Waals surface area contributed by atoms with Gasteiger partial charge in [0.05, 0.1) is 24.3 Å². The fourth-order valence-electron chi connectivity index (χ4n) is 3.01. The second kappa shape index (κ2) is 8.16. The summed E-state index contributed by atoms with van der Waals surface area (Å²) in [7, 11) is 0. The van der Waals surface area contributed by atoms with Crippen molar-refractivity contribution in [2.45, 2.75) is 26.4 Å². The maximum atomic E-state index is 14.2. The van der Waals surface area contributed by atoms with Gasteiger partial charge in [0.1, 0.15) is 11.6 Å². The lowest BCUT2D eigenvalue weighted by atomic mass is 10.1. The maximum absolute atomic E-state index is 14.2. The lowest BCUT2D eigenvalue weighted by molar-refractivity contribution is -0.0109. The van der Waals surface area contributed by atoms with Gasteiger partial charge in [0.25, 0.3) is 5.91 Å². The van der Waals surface area contributed by atoms with Gasteiger partial charge in [-0.1, -0.05) is 23.7 Å². The number of aromatic nitrogens is 1. The Bertz CT molecular complexity index is 796. The minimum atomic E-state index is -0.405. The summed E-state index contributed by atoms with van der Waals surface area (Å²) in [5.41, 5.74) is 0.811. The molecular weight excluding hydrogens is 361 g/mol. The molecule has 1 unspecified atom stereocenters. The summed E-state index contributed by atoms with van der Waals surface area (Å²) in [6, 6.07) is 4.90. The molecule has 2 aromatic rings. The number of carbonyl (C=O) groups is 1. The van der Waals surface area contributed by atoms with Crippen molar-refractivity contribution in [3.8, 4) is 0 Å². The summed E-state index contributed by atoms with van der Waals surface area (Å²) in [5.74, 6) is 0.236. The van der Waals surface area contributed by atoms with Gasteiger partial charge in [0, 0.05) is 32.1 Å². The molecule has 26 heavy (non-hydrogen) atoms. The van der Waals surface area contributed by atoms with E-state index in [4.69, 9.17) is 20.8 Å². The van der Waals surface area contributed by atoms with Crippen LogP contribution >= 0.6 is 11.6 Å². The molecule has 1 amide bonds. The average molecular weight is 382 g/mol. The zero-order chi connectivity index (χ0) is 18.7. The quantitative estimate of drug-likeness (QED) is 0.862. The molecule has 0 spiro atoms. The largest absolute Gasteiger partial charge is 0.445 e. The Labute approximate surface area is 156 Å². The number of amides is 1. The van der Waals surface area contributed by atoms with E-state index < -0.39 is 5.82 Å². The Morgan fingerprint density at radius 3 is 3.00 bits per heavy atom. The van der Waals surface area contributed by atoms with Crippen molar-refractivity contribution in [2.24, 2.45) is 0 Å². The van der Waals surface area contributed by atoms with Crippen LogP contribution in [0.5, 0.6) is 0 Å². The third-order valence-corrected chi connectivity index (χ3v) is 4.66. The van der Waals surface area contributed by atoms with Crippen LogP contribution in [0.3, 0.4) is 0 Å². The third-order valence-electron chi connectivity index (χ3n) is 4.37. The van der Waals surface area contributed by atoms with Crippen LogP contribution in [0.25, 0.3) is 0 Å². The van der Waals surface area contributed by atoms with Crippen LogP contribution in [0, 0.1) is 19.7 Å². The monoisotopic (exact) mass is 381 g/mol. The van der Waals surface area contributed by atoms with E-state index >= 15 is 0 Å². The van der Waals surface area contributed by atoms with Crippen molar-refractivity contribution >= 4 is 17.5 Å². The van der Waals surface area contributed by atoms with E-state index in [0.29, 0.717) is 50.1 Å². The summed E-state index contributed by atoms with van der Waals surface area (Å²) in [6.45, 7) is 5.83. The van der Waals surface area contributed by atoms with Gasteiger partial charge in [0.15, 0.2) is 11.6 Å². The third kappa shape index (κ3) is 4.23. The number of benzene rings is 1. The first-order chi connectivity index (χ1) is 12.5. The van der Waals surface area contributed by atoms with E-state index in [9.17, 15) is 9.18 Å². The number of aryl methyl sites for hydroxylation is 2. The number of hydrogen-bond donors (Lipinski definition) is 1. The highest BCUT2D eigenvalue weighted by Gasteiger charge is 2.25. The van der Waals surface area contributed by atoms with E-state index in [2.05, 4.69) is 15.2 Å². The van der Waals surface area contributed by atoms with Gasteiger partial charge in [-0.05, 0) is 13.0 Å². The number of carbonyl (C=O) groups excluding carboxylic acids is 1. The molecule has 1 aliphatic heterocycles. The highest BCUT2D eigenvalue weighted by Crippen LogP contribution is 2.21. The van der Waals surface area contributed by atoms with E-state index in [1.165, 1.54) is 6.07 Å². The first kappa shape index (κ1) is 18.8. The van der Waals surface area contributed by atoms with Crippen LogP contribution < -0.4 is 5.32 Å². The Morgan fingerprint density at radius 2 is 2.27 bits per heavy atom. The number of nitrogens with zero attached hydrogens (tertiary/aromatic N) is 2. The van der Waals surface area contributed by atoms with E-state index in [-0.39, 0.29) is 22.7 Å². The Kier molecular flexibility index (Phi) is 5.90. The molecule has 0 bridgehead atoms. The molecule has 1 atom stereocenters. The molecule has 8 heteroatoms. The van der Waals surface area contributed by atoms with Gasteiger partial charge in [-0.25, -0.2) is 9.37 Å². The van der Waals surface area contributed by atoms with Crippen molar-refractivity contribution in [2.75, 3.05) is 26.3 Å². The molecule has 1 N–H and O–H groups in total. The van der Waals surface area contributed by atoms with Gasteiger partial charge in [0.2, 0.25) is 0 Å². The highest BCUT2D eigenvalue weighted by molar-refractivity contribution is 6.30. The minimum Gasteiger partial charge on any atom is -0.445 e. The number of hydrogen-bond acceptors (Lipinski definition) is 5. The van der Waals surface area contributed by atoms with Gasteiger partial charge in [-0.3, -0.25) is 9.69 Å². The number of rotatable bonds is 5. The number of oxazole rings is 1. The predicted octanol–water partition coefficient (Wildman–Crippen LogP) is 2.71. The van der Waals surface area contributed by atoms with Crippen molar-refractivity contribution < 1.29 is 18.3 Å². The van der Waals surface area contributed by atoms with E-state index in [1.54, 1.807) is 26.0 Å². The van der Waals surface area contributed by atoms with Crippen molar-refractivity contribution in [1.82, 2.24) is 15.2 Å². The van der Waals surface area contributed by atoms with Crippen molar-refractivity contribution in [3.05, 3.63) is 51.9 Å². The summed E-state index contributed by atoms with van der Waals surface area (Å²) < 4.78 is 25.0. The molecule has 1 fully saturated rings. The van der Waals surface area contributed by atoms with Gasteiger partial charge in [-0.2, -0.15) is 0 Å². The normalized spacial score (nSPS) is 18.1. The van der Waals surface area contributed by atoms with Crippen LogP contribution in [0.15, 0.2) is 22.6 Å². The standard InChI is InChI=1S/C18H21ClFN3O3/c1-11-17(22-12(2)26-11)18(24)21-8-14-10-25-7-6-23(14)9-13-4-3-5-15(19)16(13)20/h3-5,14H,6-10H2,1-2H3,(H,21,24). The predicted molar refractivity (Wildman–Crippen MR) is 94.7 cm³/mol. The van der Waals surface area contributed by atoms with Crippen LogP contribution in [0.4, 0.5) is 4.39 Å². The second-order valence-corrected chi connectivity index (χ2v) is 6.67. The fraction of sp³-hybridized carbons (Fsp3) is 0.444. The summed E-state index contributed by atoms with van der Waals surface area (Å²) in [5, 5.41) is 2.97. The van der Waals surface area contributed by atoms with Crippen LogP contribution in [0.1, 0.15) is 27.7 Å². The zero-order valence-corrected chi connectivity index (χ0v) is 15.5. The molecule has 6 nitrogen and oxygen atoms in total. The molecule has 1 aliphatic rings. The molecule has 0 radical (unpaired) electrons. The number of halogens is 2. The Morgan fingerprint density at radius 1 is 1.46 bits per heavy atom. The van der Waals surface area contributed by atoms with Crippen LogP contribution in [0.2, 0.25) is 5.02 Å². The van der Waals surface area contributed by atoms with Gasteiger partial charge < -0.3 is 14.5 Å². The fourth-order valence-corrected chi connectivity index (χ4v) is 3.20. The molecule has 2 heterocycles. The molecule has 3 rings (SSSR count). The molecule has 140 valence electrons. The molecule has 0 saturated carbocycles. The number of ether oxygens (including phenoxy) is 1. The molecule has 1 saturated heterocycles. The first-order valence-electron chi connectivity index (χ1n) is 8.42. The topological polar surface area (TPSA) is 67.6 Å². The molecular formula is C18H21ClFN3O3. The summed E-state index contributed by atoms with van der Waals surface area (Å²) in [4.78, 5) is 18.5. The van der Waals surface area contributed by atoms with Crippen molar-refractivity contribution in [3.63, 3.8) is 0 Å². The van der Waals surface area contributed by atoms with E-state index in [1.807, 2.05) is 0 Å². The SMILES string of the molecule is Cc1nc(C(=O)NCC2COCCN2Cc2cccc(Cl)c2F)c(C)o1. The summed E-state index contributed by atoms with van der Waals surface area (Å²) >= 11 is 5.86. The minimum absolute atomic E-state index is 0.0700. The summed E-state index contributed by atoms with van der Waals surface area (Å²) in [6.07, 6.45) is 0. The maximum Gasteiger partial charge on any atom is 0.273 e. The second-order valence-electron chi connectivity index (χ2n) is 6.26. The number of nitrogens with one attached hydrogen (secondary N) is 1. The van der Waals surface area contributed by atoms with Gasteiger partial charge >= 0.3 is 0 Å². The highest BCUT2D eigenvalue weighted by atomic mass is 35.5. The molecule has 1 aromatic heterocycles. The Balaban J connectivity index is 1.64.